The van der Waals surface area contributed by atoms with Gasteiger partial charge in [-0.1, -0.05) is 13.8 Å². The van der Waals surface area contributed by atoms with E-state index < -0.39 is 0 Å². The molecule has 1 aliphatic heterocycles. The summed E-state index contributed by atoms with van der Waals surface area (Å²) in [5.41, 5.74) is 0.0753. The van der Waals surface area contributed by atoms with E-state index in [1.807, 2.05) is 11.9 Å². The third-order valence-electron chi connectivity index (χ3n) is 3.13. The van der Waals surface area contributed by atoms with Crippen LogP contribution >= 0.6 is 0 Å². The Hall–Kier alpha value is -0.570. The number of carbonyl (C=O) groups is 1. The lowest BCUT2D eigenvalue weighted by Gasteiger charge is -2.47. The fraction of sp³-hybridized carbons (Fsp3) is 0.917. The van der Waals surface area contributed by atoms with Gasteiger partial charge in [0.2, 0.25) is 5.91 Å². The standard InChI is InChI=1S/C12H24N2O/c1-9(2)10-11(15)13(6)7-8-14(10)12(3,4)5/h9-10H,7-8H2,1-6H3. The minimum absolute atomic E-state index is 0.0451. The number of carbonyl (C=O) groups excluding carboxylic acids is 1. The van der Waals surface area contributed by atoms with Crippen molar-refractivity contribution in [1.82, 2.24) is 9.80 Å². The van der Waals surface area contributed by atoms with Gasteiger partial charge in [0.1, 0.15) is 0 Å². The molecule has 1 aliphatic rings. The molecule has 3 nitrogen and oxygen atoms in total. The zero-order valence-electron chi connectivity index (χ0n) is 10.9. The number of hydrogen-bond donors (Lipinski definition) is 0. The lowest BCUT2D eigenvalue weighted by Crippen LogP contribution is -2.62. The van der Waals surface area contributed by atoms with E-state index in [1.165, 1.54) is 0 Å². The van der Waals surface area contributed by atoms with Gasteiger partial charge in [-0.05, 0) is 26.7 Å². The number of amides is 1. The molecule has 88 valence electrons. The first-order valence-corrected chi connectivity index (χ1v) is 5.77. The molecule has 0 aromatic rings. The van der Waals surface area contributed by atoms with Crippen LogP contribution < -0.4 is 0 Å². The topological polar surface area (TPSA) is 23.6 Å². The van der Waals surface area contributed by atoms with Crippen molar-refractivity contribution in [2.75, 3.05) is 20.1 Å². The fourth-order valence-electron chi connectivity index (χ4n) is 2.26. The number of rotatable bonds is 1. The fourth-order valence-corrected chi connectivity index (χ4v) is 2.26. The molecular weight excluding hydrogens is 188 g/mol. The maximum atomic E-state index is 12.1. The SMILES string of the molecule is CC(C)C1C(=O)N(C)CCN1C(C)(C)C. The first-order valence-electron chi connectivity index (χ1n) is 5.77. The monoisotopic (exact) mass is 212 g/mol. The van der Waals surface area contributed by atoms with E-state index in [9.17, 15) is 4.79 Å². The molecule has 1 saturated heterocycles. The smallest absolute Gasteiger partial charge is 0.239 e. The normalized spacial score (nSPS) is 25.1. The van der Waals surface area contributed by atoms with Crippen LogP contribution in [0.3, 0.4) is 0 Å². The lowest BCUT2D eigenvalue weighted by atomic mass is 9.93. The highest BCUT2D eigenvalue weighted by Crippen LogP contribution is 2.25. The summed E-state index contributed by atoms with van der Waals surface area (Å²) >= 11 is 0. The molecular formula is C12H24N2O. The first-order chi connectivity index (χ1) is 6.75. The van der Waals surface area contributed by atoms with Crippen molar-refractivity contribution in [1.29, 1.82) is 0 Å². The minimum Gasteiger partial charge on any atom is -0.343 e. The predicted molar refractivity (Wildman–Crippen MR) is 62.7 cm³/mol. The Morgan fingerprint density at radius 1 is 1.27 bits per heavy atom. The maximum Gasteiger partial charge on any atom is 0.239 e. The van der Waals surface area contributed by atoms with Crippen molar-refractivity contribution in [3.05, 3.63) is 0 Å². The highest BCUT2D eigenvalue weighted by atomic mass is 16.2. The first kappa shape index (κ1) is 12.5. The van der Waals surface area contributed by atoms with Crippen LogP contribution in [0, 0.1) is 5.92 Å². The number of likely N-dealkylation sites (N-methyl/N-ethyl adjacent to an activating group) is 1. The van der Waals surface area contributed by atoms with Crippen LogP contribution in [0.4, 0.5) is 0 Å². The maximum absolute atomic E-state index is 12.1. The van der Waals surface area contributed by atoms with E-state index >= 15 is 0 Å². The molecule has 1 fully saturated rings. The van der Waals surface area contributed by atoms with Crippen LogP contribution in [0.1, 0.15) is 34.6 Å². The van der Waals surface area contributed by atoms with Gasteiger partial charge in [0.05, 0.1) is 6.04 Å². The Labute approximate surface area is 93.4 Å². The van der Waals surface area contributed by atoms with Gasteiger partial charge in [-0.15, -0.1) is 0 Å². The second kappa shape index (κ2) is 4.12. The van der Waals surface area contributed by atoms with Crippen molar-refractivity contribution in [3.8, 4) is 0 Å². The molecule has 1 unspecified atom stereocenters. The van der Waals surface area contributed by atoms with E-state index in [-0.39, 0.29) is 17.5 Å². The molecule has 1 atom stereocenters. The van der Waals surface area contributed by atoms with Crippen LogP contribution in [0.15, 0.2) is 0 Å². The summed E-state index contributed by atoms with van der Waals surface area (Å²) in [4.78, 5) is 16.3. The third kappa shape index (κ3) is 2.51. The summed E-state index contributed by atoms with van der Waals surface area (Å²) in [5, 5.41) is 0. The molecule has 0 saturated carbocycles. The van der Waals surface area contributed by atoms with Gasteiger partial charge < -0.3 is 4.90 Å². The van der Waals surface area contributed by atoms with Crippen molar-refractivity contribution >= 4 is 5.91 Å². The molecule has 1 heterocycles. The second-order valence-electron chi connectivity index (χ2n) is 5.81. The van der Waals surface area contributed by atoms with Gasteiger partial charge >= 0.3 is 0 Å². The number of hydrogen-bond acceptors (Lipinski definition) is 2. The molecule has 0 aromatic carbocycles. The Balaban J connectivity index is 2.93. The molecule has 0 radical (unpaired) electrons. The molecule has 0 aromatic heterocycles. The van der Waals surface area contributed by atoms with Crippen LogP contribution in [0.25, 0.3) is 0 Å². The highest BCUT2D eigenvalue weighted by molar-refractivity contribution is 5.82. The van der Waals surface area contributed by atoms with Crippen LogP contribution in [0.5, 0.6) is 0 Å². The summed E-state index contributed by atoms with van der Waals surface area (Å²) in [7, 11) is 1.90. The van der Waals surface area contributed by atoms with Gasteiger partial charge in [0, 0.05) is 25.7 Å². The Bertz CT molecular complexity index is 242. The van der Waals surface area contributed by atoms with Gasteiger partial charge in [-0.2, -0.15) is 0 Å². The third-order valence-corrected chi connectivity index (χ3v) is 3.13. The molecule has 0 spiro atoms. The molecule has 15 heavy (non-hydrogen) atoms. The summed E-state index contributed by atoms with van der Waals surface area (Å²) in [5.74, 6) is 0.644. The molecule has 3 heteroatoms. The van der Waals surface area contributed by atoms with Crippen LogP contribution in [-0.4, -0.2) is 47.4 Å². The van der Waals surface area contributed by atoms with Crippen molar-refractivity contribution < 1.29 is 4.79 Å². The van der Waals surface area contributed by atoms with E-state index in [0.717, 1.165) is 13.1 Å². The average molecular weight is 212 g/mol. The van der Waals surface area contributed by atoms with E-state index in [2.05, 4.69) is 39.5 Å². The number of piperazine rings is 1. The summed E-state index contributed by atoms with van der Waals surface area (Å²) < 4.78 is 0. The Morgan fingerprint density at radius 2 is 1.80 bits per heavy atom. The zero-order chi connectivity index (χ0) is 11.8. The Morgan fingerprint density at radius 3 is 2.20 bits per heavy atom. The summed E-state index contributed by atoms with van der Waals surface area (Å²) in [6, 6.07) is 0.0451. The van der Waals surface area contributed by atoms with Crippen molar-refractivity contribution in [2.24, 2.45) is 5.92 Å². The van der Waals surface area contributed by atoms with E-state index in [1.54, 1.807) is 0 Å². The zero-order valence-corrected chi connectivity index (χ0v) is 10.9. The lowest BCUT2D eigenvalue weighted by molar-refractivity contribution is -0.146. The van der Waals surface area contributed by atoms with E-state index in [4.69, 9.17) is 0 Å². The molecule has 1 rings (SSSR count). The highest BCUT2D eigenvalue weighted by Gasteiger charge is 2.39. The second-order valence-corrected chi connectivity index (χ2v) is 5.81. The van der Waals surface area contributed by atoms with Gasteiger partial charge in [-0.3, -0.25) is 9.69 Å². The van der Waals surface area contributed by atoms with Crippen molar-refractivity contribution in [2.45, 2.75) is 46.2 Å². The number of nitrogens with zero attached hydrogens (tertiary/aromatic N) is 2. The predicted octanol–water partition coefficient (Wildman–Crippen LogP) is 1.58. The molecule has 0 bridgehead atoms. The summed E-state index contributed by atoms with van der Waals surface area (Å²) in [6.45, 7) is 12.6. The molecule has 0 aliphatic carbocycles. The van der Waals surface area contributed by atoms with Gasteiger partial charge in [0.25, 0.3) is 0 Å². The quantitative estimate of drug-likeness (QED) is 0.659. The van der Waals surface area contributed by atoms with Gasteiger partial charge in [-0.25, -0.2) is 0 Å². The summed E-state index contributed by atoms with van der Waals surface area (Å²) in [6.07, 6.45) is 0. The molecule has 0 N–H and O–H groups in total. The minimum atomic E-state index is 0.0451. The van der Waals surface area contributed by atoms with Crippen molar-refractivity contribution in [3.63, 3.8) is 0 Å². The Kier molecular flexibility index (Phi) is 3.44. The van der Waals surface area contributed by atoms with E-state index in [0.29, 0.717) is 5.92 Å². The molecule has 1 amide bonds. The van der Waals surface area contributed by atoms with Crippen LogP contribution in [-0.2, 0) is 4.79 Å². The largest absolute Gasteiger partial charge is 0.343 e. The average Bonchev–Trinajstić information content (AvgIpc) is 2.06. The van der Waals surface area contributed by atoms with Crippen LogP contribution in [0.2, 0.25) is 0 Å². The van der Waals surface area contributed by atoms with Gasteiger partial charge in [0.15, 0.2) is 0 Å².